The molecule has 27 heavy (non-hydrogen) atoms. The van der Waals surface area contributed by atoms with Crippen molar-refractivity contribution in [2.45, 2.75) is 37.9 Å². The van der Waals surface area contributed by atoms with Gasteiger partial charge in [-0.15, -0.1) is 24.8 Å². The van der Waals surface area contributed by atoms with Crippen LogP contribution in [0, 0.1) is 5.41 Å². The fourth-order valence-electron chi connectivity index (χ4n) is 4.11. The maximum Gasteiger partial charge on any atom is -0.147 e. The molecule has 1 aromatic heterocycles. The summed E-state index contributed by atoms with van der Waals surface area (Å²) in [6, 6.07) is 8.77. The number of rotatable bonds is 3. The number of benzene rings is 1. The molecule has 2 aliphatic rings. The first-order valence-corrected chi connectivity index (χ1v) is 11.2. The van der Waals surface area contributed by atoms with Crippen molar-refractivity contribution in [1.82, 2.24) is 14.8 Å². The van der Waals surface area contributed by atoms with E-state index in [9.17, 15) is 0 Å². The summed E-state index contributed by atoms with van der Waals surface area (Å²) >= 11 is -1.07. The Kier molecular flexibility index (Phi) is 6.46. The summed E-state index contributed by atoms with van der Waals surface area (Å²) in [5, 5.41) is 8.25. The normalized spacial score (nSPS) is 22.4. The third-order valence-electron chi connectivity index (χ3n) is 6.08. The van der Waals surface area contributed by atoms with Crippen molar-refractivity contribution in [2.24, 2.45) is 5.41 Å². The van der Waals surface area contributed by atoms with Gasteiger partial charge in [-0.1, -0.05) is 0 Å². The van der Waals surface area contributed by atoms with Crippen molar-refractivity contribution in [2.75, 3.05) is 0 Å². The van der Waals surface area contributed by atoms with E-state index in [2.05, 4.69) is 85.8 Å². The van der Waals surface area contributed by atoms with Gasteiger partial charge in [0.25, 0.3) is 0 Å². The monoisotopic (exact) mass is 479 g/mol. The molecule has 1 atom stereocenters. The third kappa shape index (κ3) is 3.24. The summed E-state index contributed by atoms with van der Waals surface area (Å²) in [7, 11) is 0. The minimum atomic E-state index is -1.07. The summed E-state index contributed by atoms with van der Waals surface area (Å²) in [5.41, 5.74) is 7.41. The third-order valence-corrected chi connectivity index (χ3v) is 11.8. The summed E-state index contributed by atoms with van der Waals surface area (Å²) in [4.78, 5) is 0. The Morgan fingerprint density at radius 2 is 1.56 bits per heavy atom. The first-order chi connectivity index (χ1) is 11.9. The maximum atomic E-state index is 4.12. The molecule has 6 heteroatoms. The zero-order valence-electron chi connectivity index (χ0n) is 16.3. The van der Waals surface area contributed by atoms with E-state index < -0.39 is 23.2 Å². The second-order valence-corrected chi connectivity index (χ2v) is 11.3. The quantitative estimate of drug-likeness (QED) is 0.573. The van der Waals surface area contributed by atoms with Crippen LogP contribution < -0.4 is 0 Å². The molecular weight excluding hydrogens is 456 g/mol. The van der Waals surface area contributed by atoms with E-state index in [4.69, 9.17) is 0 Å². The molecule has 0 saturated carbocycles. The molecule has 142 valence electrons. The number of allylic oxidation sites excluding steroid dienone is 5. The van der Waals surface area contributed by atoms with Crippen molar-refractivity contribution in [3.8, 4) is 0 Å². The zero-order valence-corrected chi connectivity index (χ0v) is 20.4. The van der Waals surface area contributed by atoms with E-state index in [0.717, 1.165) is 0 Å². The number of fused-ring (bicyclic) bond motifs is 1. The van der Waals surface area contributed by atoms with Crippen molar-refractivity contribution >= 4 is 30.9 Å². The molecule has 2 aliphatic carbocycles. The molecule has 0 N–H and O–H groups in total. The van der Waals surface area contributed by atoms with Crippen LogP contribution in [0.5, 0.6) is 0 Å². The standard InChI is InChI=1S/C11H8N3.C10H15.2ClH.Zr/c1-2-4-10-9(3-1)5-6-11(10)14-7-12-13-8-14;1-7-6-10(4,5)9(3)8(7)2;;;/h1-8H;1-5H3;2*1H;. The van der Waals surface area contributed by atoms with Gasteiger partial charge in [0.15, 0.2) is 0 Å². The summed E-state index contributed by atoms with van der Waals surface area (Å²) in [5.74, 6) is 0. The predicted octanol–water partition coefficient (Wildman–Crippen LogP) is 5.58. The fourth-order valence-corrected chi connectivity index (χ4v) is 9.09. The maximum absolute atomic E-state index is 4.12. The predicted molar refractivity (Wildman–Crippen MR) is 112 cm³/mol. The zero-order chi connectivity index (χ0) is 17.8. The van der Waals surface area contributed by atoms with Crippen LogP contribution in [0.2, 0.25) is 0 Å². The van der Waals surface area contributed by atoms with Crippen LogP contribution in [0.3, 0.4) is 0 Å². The Hall–Kier alpha value is -0.957. The van der Waals surface area contributed by atoms with Gasteiger partial charge in [0.2, 0.25) is 0 Å². The Bertz CT molecular complexity index is 942. The van der Waals surface area contributed by atoms with Crippen LogP contribution in [0.25, 0.3) is 6.08 Å². The molecule has 3 nitrogen and oxygen atoms in total. The van der Waals surface area contributed by atoms with Crippen molar-refractivity contribution in [3.63, 3.8) is 0 Å². The SMILES string of the molecule is CC1=C(C)C(C)(C)[C]([Zr][C]2(n3cnnc3)C=Cc3ccccc32)=C1C.Cl.Cl. The number of aromatic nitrogens is 3. The van der Waals surface area contributed by atoms with Gasteiger partial charge in [0, 0.05) is 0 Å². The van der Waals surface area contributed by atoms with Crippen LogP contribution in [-0.4, -0.2) is 14.8 Å². The Balaban J connectivity index is 0.00000131. The van der Waals surface area contributed by atoms with Gasteiger partial charge in [-0.2, -0.15) is 0 Å². The Morgan fingerprint density at radius 3 is 2.15 bits per heavy atom. The molecule has 2 aromatic rings. The van der Waals surface area contributed by atoms with Crippen LogP contribution in [-0.2, 0) is 26.5 Å². The average Bonchev–Trinajstić information content (AvgIpc) is 3.29. The van der Waals surface area contributed by atoms with Crippen LogP contribution in [0.1, 0.15) is 45.7 Å². The van der Waals surface area contributed by atoms with Gasteiger partial charge in [0.05, 0.1) is 0 Å². The first kappa shape index (κ1) is 22.3. The number of nitrogens with zero attached hydrogens (tertiary/aromatic N) is 3. The Labute approximate surface area is 185 Å². The van der Waals surface area contributed by atoms with Crippen LogP contribution >= 0.6 is 24.8 Å². The molecule has 1 aromatic carbocycles. The average molecular weight is 482 g/mol. The molecule has 0 fully saturated rings. The van der Waals surface area contributed by atoms with Crippen LogP contribution in [0.15, 0.2) is 63.0 Å². The second-order valence-electron chi connectivity index (χ2n) is 7.56. The molecule has 0 saturated heterocycles. The fraction of sp³-hybridized carbons (Fsp3) is 0.333. The molecule has 1 unspecified atom stereocenters. The molecule has 0 aliphatic heterocycles. The minimum absolute atomic E-state index is 0. The summed E-state index contributed by atoms with van der Waals surface area (Å²) < 4.78 is 3.84. The molecule has 4 rings (SSSR count). The molecule has 0 amide bonds. The van der Waals surface area contributed by atoms with Gasteiger partial charge in [-0.3, -0.25) is 0 Å². The molecule has 0 radical (unpaired) electrons. The van der Waals surface area contributed by atoms with E-state index in [1.54, 1.807) is 3.28 Å². The minimum Gasteiger partial charge on any atom is -0.147 e. The van der Waals surface area contributed by atoms with E-state index >= 15 is 0 Å². The van der Waals surface area contributed by atoms with Gasteiger partial charge in [-0.05, 0) is 0 Å². The molecule has 1 heterocycles. The number of halogens is 2. The summed E-state index contributed by atoms with van der Waals surface area (Å²) in [6.07, 6.45) is 8.45. The molecule has 0 spiro atoms. The van der Waals surface area contributed by atoms with E-state index in [1.807, 2.05) is 12.7 Å². The van der Waals surface area contributed by atoms with Crippen LogP contribution in [0.4, 0.5) is 0 Å². The van der Waals surface area contributed by atoms with Crippen molar-refractivity contribution < 1.29 is 23.2 Å². The molecule has 0 bridgehead atoms. The van der Waals surface area contributed by atoms with Gasteiger partial charge < -0.3 is 0 Å². The Morgan fingerprint density at radius 1 is 0.926 bits per heavy atom. The topological polar surface area (TPSA) is 30.7 Å². The number of hydrogen-bond donors (Lipinski definition) is 0. The van der Waals surface area contributed by atoms with Gasteiger partial charge >= 0.3 is 161 Å². The van der Waals surface area contributed by atoms with Crippen molar-refractivity contribution in [3.05, 3.63) is 74.1 Å². The summed E-state index contributed by atoms with van der Waals surface area (Å²) in [6.45, 7) is 11.7. The smallest absolute Gasteiger partial charge is 0.147 e. The van der Waals surface area contributed by atoms with E-state index in [-0.39, 0.29) is 33.5 Å². The van der Waals surface area contributed by atoms with Gasteiger partial charge in [-0.25, -0.2) is 0 Å². The first-order valence-electron chi connectivity index (χ1n) is 8.69. The largest absolute Gasteiger partial charge is 0.147 e. The van der Waals surface area contributed by atoms with Crippen molar-refractivity contribution in [1.29, 1.82) is 0 Å². The van der Waals surface area contributed by atoms with Gasteiger partial charge in [0.1, 0.15) is 0 Å². The van der Waals surface area contributed by atoms with E-state index in [0.29, 0.717) is 0 Å². The van der Waals surface area contributed by atoms with E-state index in [1.165, 1.54) is 27.8 Å². The molecular formula is C21H25Cl2N3Zr. The second kappa shape index (κ2) is 7.81. The number of hydrogen-bond acceptors (Lipinski definition) is 2.